The minimum atomic E-state index is 0.566. The van der Waals surface area contributed by atoms with E-state index in [2.05, 4.69) is 9.80 Å². The average Bonchev–Trinajstić information content (AvgIpc) is 3.26. The molecule has 0 aromatic carbocycles. The van der Waals surface area contributed by atoms with Gasteiger partial charge in [-0.3, -0.25) is 9.69 Å². The fraction of sp³-hybridized carbons (Fsp3) is 0.733. The van der Waals surface area contributed by atoms with Gasteiger partial charge in [0.1, 0.15) is 0 Å². The van der Waals surface area contributed by atoms with Gasteiger partial charge in [-0.2, -0.15) is 0 Å². The highest BCUT2D eigenvalue weighted by Crippen LogP contribution is 2.43. The zero-order chi connectivity index (χ0) is 13.5. The normalized spacial score (nSPS) is 27.4. The van der Waals surface area contributed by atoms with Crippen molar-refractivity contribution < 1.29 is 4.79 Å². The largest absolute Gasteiger partial charge is 0.345 e. The Balaban J connectivity index is 1.53. The second-order valence-electron chi connectivity index (χ2n) is 6.27. The number of piperazine rings is 1. The third-order valence-corrected chi connectivity index (χ3v) is 5.91. The number of rotatable bonds is 3. The molecule has 0 radical (unpaired) electrons. The number of thiazole rings is 1. The second kappa shape index (κ2) is 5.11. The maximum absolute atomic E-state index is 11.2. The quantitative estimate of drug-likeness (QED) is 0.802. The number of nitrogens with zero attached hydrogens (tertiary/aromatic N) is 3. The van der Waals surface area contributed by atoms with Gasteiger partial charge in [0.25, 0.3) is 0 Å². The molecule has 3 fully saturated rings. The Bertz CT molecular complexity index is 511. The molecule has 1 saturated carbocycles. The van der Waals surface area contributed by atoms with E-state index in [9.17, 15) is 4.79 Å². The van der Waals surface area contributed by atoms with E-state index in [1.165, 1.54) is 38.6 Å². The lowest BCUT2D eigenvalue weighted by Crippen LogP contribution is -2.54. The van der Waals surface area contributed by atoms with Crippen LogP contribution in [0.15, 0.2) is 0 Å². The van der Waals surface area contributed by atoms with E-state index in [1.54, 1.807) is 11.3 Å². The zero-order valence-electron chi connectivity index (χ0n) is 11.8. The van der Waals surface area contributed by atoms with E-state index in [0.717, 1.165) is 41.6 Å². The fourth-order valence-electron chi connectivity index (χ4n) is 3.53. The summed E-state index contributed by atoms with van der Waals surface area (Å²) in [6.07, 6.45) is 7.46. The first-order chi connectivity index (χ1) is 9.85. The number of piperidine rings is 1. The molecule has 4 nitrogen and oxygen atoms in total. The first-order valence-electron chi connectivity index (χ1n) is 7.80. The summed E-state index contributed by atoms with van der Waals surface area (Å²) in [5.74, 6) is 0.566. The van der Waals surface area contributed by atoms with Gasteiger partial charge in [-0.25, -0.2) is 4.98 Å². The molecule has 5 heteroatoms. The molecule has 1 aliphatic carbocycles. The van der Waals surface area contributed by atoms with Gasteiger partial charge in [0, 0.05) is 31.6 Å². The summed E-state index contributed by atoms with van der Waals surface area (Å²) < 4.78 is 0. The van der Waals surface area contributed by atoms with E-state index in [4.69, 9.17) is 4.98 Å². The Morgan fingerprint density at radius 3 is 2.85 bits per heavy atom. The zero-order valence-corrected chi connectivity index (χ0v) is 12.6. The number of fused-ring (bicyclic) bond motifs is 1. The third-order valence-electron chi connectivity index (χ3n) is 4.85. The van der Waals surface area contributed by atoms with Gasteiger partial charge in [-0.1, -0.05) is 17.8 Å². The summed E-state index contributed by atoms with van der Waals surface area (Å²) in [6.45, 7) is 4.57. The summed E-state index contributed by atoms with van der Waals surface area (Å²) in [5.41, 5.74) is 1.08. The third kappa shape index (κ3) is 2.27. The molecule has 20 heavy (non-hydrogen) atoms. The molecule has 1 aromatic heterocycles. The highest BCUT2D eigenvalue weighted by molar-refractivity contribution is 7.17. The van der Waals surface area contributed by atoms with Crippen molar-refractivity contribution in [2.45, 2.75) is 44.1 Å². The van der Waals surface area contributed by atoms with Crippen molar-refractivity contribution in [3.63, 3.8) is 0 Å². The van der Waals surface area contributed by atoms with E-state index in [1.807, 2.05) is 0 Å². The standard InChI is InChI=1S/C15H21N3OS/c19-10-13-14(11-4-5-11)16-15(20-13)18-8-7-17-6-2-1-3-12(17)9-18/h10-12H,1-9H2. The van der Waals surface area contributed by atoms with Crippen LogP contribution in [-0.2, 0) is 0 Å². The first-order valence-corrected chi connectivity index (χ1v) is 8.61. The lowest BCUT2D eigenvalue weighted by molar-refractivity contribution is 0.112. The van der Waals surface area contributed by atoms with Gasteiger partial charge in [-0.05, 0) is 32.2 Å². The van der Waals surface area contributed by atoms with Gasteiger partial charge >= 0.3 is 0 Å². The van der Waals surface area contributed by atoms with E-state index < -0.39 is 0 Å². The molecule has 0 N–H and O–H groups in total. The number of hydrogen-bond donors (Lipinski definition) is 0. The predicted molar refractivity (Wildman–Crippen MR) is 80.9 cm³/mol. The number of aldehydes is 1. The van der Waals surface area contributed by atoms with Crippen LogP contribution in [0.25, 0.3) is 0 Å². The van der Waals surface area contributed by atoms with Crippen LogP contribution < -0.4 is 4.90 Å². The molecule has 2 saturated heterocycles. The molecular formula is C15H21N3OS. The second-order valence-corrected chi connectivity index (χ2v) is 7.28. The SMILES string of the molecule is O=Cc1sc(N2CCN3CCCCC3C2)nc1C1CC1. The van der Waals surface area contributed by atoms with Crippen molar-refractivity contribution >= 4 is 22.8 Å². The minimum Gasteiger partial charge on any atom is -0.345 e. The van der Waals surface area contributed by atoms with Gasteiger partial charge in [-0.15, -0.1) is 0 Å². The maximum atomic E-state index is 11.2. The number of carbonyl (C=O) groups excluding carboxylic acids is 1. The van der Waals surface area contributed by atoms with Crippen LogP contribution in [0.4, 0.5) is 5.13 Å². The van der Waals surface area contributed by atoms with Crippen LogP contribution in [0.1, 0.15) is 53.4 Å². The Kier molecular flexibility index (Phi) is 3.27. The van der Waals surface area contributed by atoms with Crippen molar-refractivity contribution in [2.24, 2.45) is 0 Å². The van der Waals surface area contributed by atoms with Crippen molar-refractivity contribution in [2.75, 3.05) is 31.1 Å². The summed E-state index contributed by atoms with van der Waals surface area (Å²) in [7, 11) is 0. The van der Waals surface area contributed by atoms with E-state index in [0.29, 0.717) is 12.0 Å². The lowest BCUT2D eigenvalue weighted by Gasteiger charge is -2.44. The monoisotopic (exact) mass is 291 g/mol. The molecule has 2 aliphatic heterocycles. The van der Waals surface area contributed by atoms with Gasteiger partial charge in [0.15, 0.2) is 11.4 Å². The molecule has 108 valence electrons. The van der Waals surface area contributed by atoms with Crippen LogP contribution in [0, 0.1) is 0 Å². The molecule has 1 unspecified atom stereocenters. The van der Waals surface area contributed by atoms with Crippen LogP contribution in [-0.4, -0.2) is 48.4 Å². The topological polar surface area (TPSA) is 36.4 Å². The molecule has 0 spiro atoms. The number of carbonyl (C=O) groups is 1. The Morgan fingerprint density at radius 1 is 1.15 bits per heavy atom. The average molecular weight is 291 g/mol. The summed E-state index contributed by atoms with van der Waals surface area (Å²) in [4.78, 5) is 21.9. The summed E-state index contributed by atoms with van der Waals surface area (Å²) in [5, 5.41) is 1.08. The minimum absolute atomic E-state index is 0.566. The van der Waals surface area contributed by atoms with Crippen molar-refractivity contribution in [3.05, 3.63) is 10.6 Å². The predicted octanol–water partition coefficient (Wildman–Crippen LogP) is 2.51. The Morgan fingerprint density at radius 2 is 2.05 bits per heavy atom. The van der Waals surface area contributed by atoms with Gasteiger partial charge in [0.2, 0.25) is 0 Å². The number of aromatic nitrogens is 1. The molecule has 0 bridgehead atoms. The van der Waals surface area contributed by atoms with Crippen molar-refractivity contribution in [1.29, 1.82) is 0 Å². The molecule has 1 atom stereocenters. The van der Waals surface area contributed by atoms with Crippen molar-refractivity contribution in [3.8, 4) is 0 Å². The smallest absolute Gasteiger partial charge is 0.186 e. The summed E-state index contributed by atoms with van der Waals surface area (Å²) >= 11 is 1.60. The fourth-order valence-corrected chi connectivity index (χ4v) is 4.53. The van der Waals surface area contributed by atoms with Crippen LogP contribution in [0.5, 0.6) is 0 Å². The van der Waals surface area contributed by atoms with Crippen LogP contribution >= 0.6 is 11.3 Å². The van der Waals surface area contributed by atoms with Crippen LogP contribution in [0.3, 0.4) is 0 Å². The summed E-state index contributed by atoms with van der Waals surface area (Å²) in [6, 6.07) is 0.699. The van der Waals surface area contributed by atoms with Gasteiger partial charge < -0.3 is 4.90 Å². The highest BCUT2D eigenvalue weighted by atomic mass is 32.1. The lowest BCUT2D eigenvalue weighted by atomic mass is 10.00. The Labute approximate surface area is 123 Å². The van der Waals surface area contributed by atoms with Gasteiger partial charge in [0.05, 0.1) is 10.6 Å². The van der Waals surface area contributed by atoms with E-state index >= 15 is 0 Å². The Hall–Kier alpha value is -0.940. The molecule has 4 rings (SSSR count). The highest BCUT2D eigenvalue weighted by Gasteiger charge is 2.33. The molecule has 0 amide bonds. The molecule has 1 aromatic rings. The van der Waals surface area contributed by atoms with E-state index in [-0.39, 0.29) is 0 Å². The first kappa shape index (κ1) is 12.8. The number of anilines is 1. The molecule has 3 heterocycles. The molecule has 3 aliphatic rings. The maximum Gasteiger partial charge on any atom is 0.186 e. The number of hydrogen-bond acceptors (Lipinski definition) is 5. The van der Waals surface area contributed by atoms with Crippen LogP contribution in [0.2, 0.25) is 0 Å². The molecular weight excluding hydrogens is 270 g/mol. The van der Waals surface area contributed by atoms with Crippen molar-refractivity contribution in [1.82, 2.24) is 9.88 Å².